The van der Waals surface area contributed by atoms with Crippen molar-refractivity contribution in [1.29, 1.82) is 0 Å². The average molecular weight is 389 g/mol. The minimum atomic E-state index is -0.0120. The number of likely N-dealkylation sites (tertiary alicyclic amines) is 1. The maximum atomic E-state index is 12.1. The SMILES string of the molecule is CCNC(=NCC(C)Oc1ccccc1C)NC1CCN(C(=O)C(C)C)CC1. The van der Waals surface area contributed by atoms with Gasteiger partial charge in [0.25, 0.3) is 0 Å². The van der Waals surface area contributed by atoms with E-state index in [1.54, 1.807) is 0 Å². The molecule has 2 rings (SSSR count). The van der Waals surface area contributed by atoms with Gasteiger partial charge in [0, 0.05) is 31.6 Å². The molecule has 28 heavy (non-hydrogen) atoms. The van der Waals surface area contributed by atoms with Crippen LogP contribution in [0.2, 0.25) is 0 Å². The average Bonchev–Trinajstić information content (AvgIpc) is 2.68. The van der Waals surface area contributed by atoms with Gasteiger partial charge < -0.3 is 20.3 Å². The van der Waals surface area contributed by atoms with E-state index in [1.807, 2.05) is 56.9 Å². The van der Waals surface area contributed by atoms with Crippen molar-refractivity contribution in [2.24, 2.45) is 10.9 Å². The fourth-order valence-electron chi connectivity index (χ4n) is 3.29. The van der Waals surface area contributed by atoms with Crippen molar-refractivity contribution in [3.8, 4) is 5.75 Å². The van der Waals surface area contributed by atoms with Crippen molar-refractivity contribution in [3.05, 3.63) is 29.8 Å². The van der Waals surface area contributed by atoms with Gasteiger partial charge in [-0.1, -0.05) is 32.0 Å². The smallest absolute Gasteiger partial charge is 0.225 e. The number of guanidine groups is 1. The summed E-state index contributed by atoms with van der Waals surface area (Å²) in [6.45, 7) is 13.1. The summed E-state index contributed by atoms with van der Waals surface area (Å²) in [5, 5.41) is 6.84. The number of rotatable bonds is 7. The summed E-state index contributed by atoms with van der Waals surface area (Å²) in [6, 6.07) is 8.37. The molecule has 0 bridgehead atoms. The first-order chi connectivity index (χ1) is 13.4. The van der Waals surface area contributed by atoms with Crippen molar-refractivity contribution < 1.29 is 9.53 Å². The second-order valence-electron chi connectivity index (χ2n) is 7.81. The van der Waals surface area contributed by atoms with Crippen LogP contribution < -0.4 is 15.4 Å². The number of ether oxygens (including phenoxy) is 1. The van der Waals surface area contributed by atoms with Gasteiger partial charge in [0.15, 0.2) is 5.96 Å². The molecule has 1 heterocycles. The van der Waals surface area contributed by atoms with E-state index in [9.17, 15) is 4.79 Å². The topological polar surface area (TPSA) is 66.0 Å². The number of aryl methyl sites for hydroxylation is 1. The van der Waals surface area contributed by atoms with Gasteiger partial charge in [-0.25, -0.2) is 4.99 Å². The number of piperidine rings is 1. The Bertz CT molecular complexity index is 652. The van der Waals surface area contributed by atoms with E-state index in [-0.39, 0.29) is 17.9 Å². The predicted octanol–water partition coefficient (Wildman–Crippen LogP) is 2.96. The fraction of sp³-hybridized carbons (Fsp3) is 0.636. The van der Waals surface area contributed by atoms with Crippen molar-refractivity contribution in [1.82, 2.24) is 15.5 Å². The first-order valence-electron chi connectivity index (χ1n) is 10.5. The van der Waals surface area contributed by atoms with Crippen LogP contribution in [0.15, 0.2) is 29.3 Å². The monoisotopic (exact) mass is 388 g/mol. The van der Waals surface area contributed by atoms with E-state index in [0.717, 1.165) is 49.7 Å². The number of hydrogen-bond donors (Lipinski definition) is 2. The lowest BCUT2D eigenvalue weighted by atomic mass is 10.0. The Balaban J connectivity index is 1.85. The molecule has 1 saturated heterocycles. The second-order valence-corrected chi connectivity index (χ2v) is 7.81. The third kappa shape index (κ3) is 6.73. The summed E-state index contributed by atoms with van der Waals surface area (Å²) in [4.78, 5) is 18.8. The lowest BCUT2D eigenvalue weighted by Gasteiger charge is -2.34. The third-order valence-corrected chi connectivity index (χ3v) is 4.91. The molecule has 156 valence electrons. The lowest BCUT2D eigenvalue weighted by molar-refractivity contribution is -0.135. The van der Waals surface area contributed by atoms with Crippen LogP contribution in [-0.2, 0) is 4.79 Å². The third-order valence-electron chi connectivity index (χ3n) is 4.91. The molecule has 1 amide bonds. The number of carbonyl (C=O) groups is 1. The molecule has 0 aromatic heterocycles. The molecule has 1 unspecified atom stereocenters. The van der Waals surface area contributed by atoms with Crippen LogP contribution in [0, 0.1) is 12.8 Å². The first-order valence-corrected chi connectivity index (χ1v) is 10.5. The van der Waals surface area contributed by atoms with Crippen LogP contribution in [0.3, 0.4) is 0 Å². The van der Waals surface area contributed by atoms with Crippen molar-refractivity contribution in [2.75, 3.05) is 26.2 Å². The van der Waals surface area contributed by atoms with E-state index in [0.29, 0.717) is 12.6 Å². The fourth-order valence-corrected chi connectivity index (χ4v) is 3.29. The zero-order valence-electron chi connectivity index (χ0n) is 18.0. The Hall–Kier alpha value is -2.24. The predicted molar refractivity (Wildman–Crippen MR) is 115 cm³/mol. The molecule has 0 radical (unpaired) electrons. The number of nitrogens with zero attached hydrogens (tertiary/aromatic N) is 2. The van der Waals surface area contributed by atoms with Crippen molar-refractivity contribution in [3.63, 3.8) is 0 Å². The zero-order chi connectivity index (χ0) is 20.5. The maximum Gasteiger partial charge on any atom is 0.225 e. The van der Waals surface area contributed by atoms with Gasteiger partial charge in [-0.2, -0.15) is 0 Å². The minimum Gasteiger partial charge on any atom is -0.489 e. The van der Waals surface area contributed by atoms with Gasteiger partial charge in [-0.15, -0.1) is 0 Å². The van der Waals surface area contributed by atoms with Crippen LogP contribution in [0.4, 0.5) is 0 Å². The molecule has 6 heteroatoms. The Kier molecular flexibility index (Phi) is 8.61. The number of amides is 1. The molecule has 1 aliphatic rings. The molecule has 6 nitrogen and oxygen atoms in total. The van der Waals surface area contributed by atoms with Crippen LogP contribution in [0.5, 0.6) is 5.75 Å². The Morgan fingerprint density at radius 3 is 2.54 bits per heavy atom. The number of carbonyl (C=O) groups excluding carboxylic acids is 1. The van der Waals surface area contributed by atoms with Crippen LogP contribution >= 0.6 is 0 Å². The summed E-state index contributed by atoms with van der Waals surface area (Å²) in [5.41, 5.74) is 1.13. The largest absolute Gasteiger partial charge is 0.489 e. The van der Waals surface area contributed by atoms with Gasteiger partial charge in [0.1, 0.15) is 11.9 Å². The van der Waals surface area contributed by atoms with Crippen LogP contribution in [0.25, 0.3) is 0 Å². The van der Waals surface area contributed by atoms with Crippen molar-refractivity contribution >= 4 is 11.9 Å². The highest BCUT2D eigenvalue weighted by molar-refractivity contribution is 5.80. The standard InChI is InChI=1S/C22H36N4O2/c1-6-23-22(24-15-18(5)28-20-10-8-7-9-17(20)4)25-19-11-13-26(14-12-19)21(27)16(2)3/h7-10,16,18-19H,6,11-15H2,1-5H3,(H2,23,24,25). The van der Waals surface area contributed by atoms with E-state index < -0.39 is 0 Å². The molecule has 1 aromatic carbocycles. The Morgan fingerprint density at radius 2 is 1.93 bits per heavy atom. The number of para-hydroxylation sites is 1. The molecule has 1 fully saturated rings. The highest BCUT2D eigenvalue weighted by Gasteiger charge is 2.24. The van der Waals surface area contributed by atoms with E-state index in [4.69, 9.17) is 9.73 Å². The molecule has 0 spiro atoms. The van der Waals surface area contributed by atoms with Gasteiger partial charge in [0.2, 0.25) is 5.91 Å². The van der Waals surface area contributed by atoms with E-state index in [1.165, 1.54) is 0 Å². The number of aliphatic imine (C=N–C) groups is 1. The van der Waals surface area contributed by atoms with Crippen molar-refractivity contribution in [2.45, 2.75) is 59.6 Å². The summed E-state index contributed by atoms with van der Waals surface area (Å²) in [6.07, 6.45) is 1.87. The Morgan fingerprint density at radius 1 is 1.25 bits per heavy atom. The minimum absolute atomic E-state index is 0.0120. The number of benzene rings is 1. The number of nitrogens with one attached hydrogen (secondary N) is 2. The summed E-state index contributed by atoms with van der Waals surface area (Å²) in [5.74, 6) is 2.04. The summed E-state index contributed by atoms with van der Waals surface area (Å²) >= 11 is 0. The second kappa shape index (κ2) is 10.9. The normalized spacial score (nSPS) is 16.8. The maximum absolute atomic E-state index is 12.1. The molecule has 1 atom stereocenters. The lowest BCUT2D eigenvalue weighted by Crippen LogP contribution is -2.50. The molecule has 2 N–H and O–H groups in total. The van der Waals surface area contributed by atoms with Gasteiger partial charge in [-0.3, -0.25) is 4.79 Å². The molecule has 1 aliphatic heterocycles. The highest BCUT2D eigenvalue weighted by atomic mass is 16.5. The van der Waals surface area contributed by atoms with Gasteiger partial charge in [0.05, 0.1) is 6.54 Å². The van der Waals surface area contributed by atoms with E-state index in [2.05, 4.69) is 17.6 Å². The van der Waals surface area contributed by atoms with Gasteiger partial charge >= 0.3 is 0 Å². The molecule has 0 saturated carbocycles. The van der Waals surface area contributed by atoms with Gasteiger partial charge in [-0.05, 0) is 45.2 Å². The summed E-state index contributed by atoms with van der Waals surface area (Å²) in [7, 11) is 0. The summed E-state index contributed by atoms with van der Waals surface area (Å²) < 4.78 is 6.02. The zero-order valence-corrected chi connectivity index (χ0v) is 18.0. The molecule has 1 aromatic rings. The molecular formula is C22H36N4O2. The van der Waals surface area contributed by atoms with Crippen LogP contribution in [-0.4, -0.2) is 55.1 Å². The van der Waals surface area contributed by atoms with E-state index >= 15 is 0 Å². The highest BCUT2D eigenvalue weighted by Crippen LogP contribution is 2.18. The van der Waals surface area contributed by atoms with Crippen LogP contribution in [0.1, 0.15) is 46.1 Å². The first kappa shape index (κ1) is 22.1. The quantitative estimate of drug-likeness (QED) is 0.557. The number of hydrogen-bond acceptors (Lipinski definition) is 3. The Labute approximate surface area is 169 Å². The molecule has 0 aliphatic carbocycles. The molecular weight excluding hydrogens is 352 g/mol.